The maximum atomic E-state index is 13.8. The highest BCUT2D eigenvalue weighted by molar-refractivity contribution is 7.22. The maximum absolute atomic E-state index is 13.8. The second kappa shape index (κ2) is 9.10. The van der Waals surface area contributed by atoms with E-state index >= 15 is 0 Å². The molecule has 0 saturated carbocycles. The summed E-state index contributed by atoms with van der Waals surface area (Å²) < 4.78 is 43.9. The van der Waals surface area contributed by atoms with Crippen LogP contribution in [0.2, 0.25) is 0 Å². The number of carbonyl (C=O) groups excluding carboxylic acids is 1. The van der Waals surface area contributed by atoms with E-state index < -0.39 is 17.6 Å². The van der Waals surface area contributed by atoms with E-state index in [0.717, 1.165) is 16.3 Å². The molecule has 0 atom stereocenters. The van der Waals surface area contributed by atoms with Gasteiger partial charge in [-0.2, -0.15) is 18.3 Å². The highest BCUT2D eigenvalue weighted by atomic mass is 32.1. The van der Waals surface area contributed by atoms with E-state index in [4.69, 9.17) is 10.9 Å². The van der Waals surface area contributed by atoms with Crippen LogP contribution < -0.4 is 11.2 Å². The molecule has 0 fully saturated rings. The summed E-state index contributed by atoms with van der Waals surface area (Å²) in [5.74, 6) is -0.665. The predicted molar refractivity (Wildman–Crippen MR) is 130 cm³/mol. The van der Waals surface area contributed by atoms with Crippen molar-refractivity contribution in [3.05, 3.63) is 89.5 Å². The van der Waals surface area contributed by atoms with Gasteiger partial charge in [0.15, 0.2) is 5.13 Å². The summed E-state index contributed by atoms with van der Waals surface area (Å²) >= 11 is 1.32. The van der Waals surface area contributed by atoms with Gasteiger partial charge in [0, 0.05) is 16.7 Å². The number of anilines is 1. The number of fused-ring (bicyclic) bond motifs is 1. The number of aromatic nitrogens is 3. The van der Waals surface area contributed by atoms with Crippen LogP contribution in [-0.2, 0) is 12.7 Å². The molecule has 7 nitrogen and oxygen atoms in total. The normalized spacial score (nSPS) is 11.7. The summed E-state index contributed by atoms with van der Waals surface area (Å²) in [5.41, 5.74) is 9.78. The van der Waals surface area contributed by atoms with Gasteiger partial charge >= 0.3 is 6.18 Å². The van der Waals surface area contributed by atoms with E-state index in [1.54, 1.807) is 41.9 Å². The number of nitrogen functional groups attached to an aromatic ring is 1. The largest absolute Gasteiger partial charge is 0.417 e. The number of carbonyl (C=O) groups is 1. The number of alkyl halides is 3. The summed E-state index contributed by atoms with van der Waals surface area (Å²) in [6.07, 6.45) is -4.55. The summed E-state index contributed by atoms with van der Waals surface area (Å²) in [6.45, 7) is 0.151. The van der Waals surface area contributed by atoms with Gasteiger partial charge in [-0.05, 0) is 42.0 Å². The molecule has 0 saturated heterocycles. The van der Waals surface area contributed by atoms with E-state index in [1.807, 2.05) is 6.07 Å². The van der Waals surface area contributed by atoms with Crippen molar-refractivity contribution in [2.24, 2.45) is 0 Å². The summed E-state index contributed by atoms with van der Waals surface area (Å²) in [6, 6.07) is 18.8. The van der Waals surface area contributed by atoms with E-state index in [0.29, 0.717) is 27.6 Å². The number of halogens is 3. The third-order valence-electron chi connectivity index (χ3n) is 5.64. The average Bonchev–Trinajstić information content (AvgIpc) is 3.45. The lowest BCUT2D eigenvalue weighted by atomic mass is 10.0. The highest BCUT2D eigenvalue weighted by Crippen LogP contribution is 2.38. The number of rotatable bonds is 5. The Morgan fingerprint density at radius 2 is 1.81 bits per heavy atom. The molecule has 0 aliphatic heterocycles. The molecule has 5 rings (SSSR count). The van der Waals surface area contributed by atoms with Gasteiger partial charge in [0.2, 0.25) is 0 Å². The van der Waals surface area contributed by atoms with Crippen LogP contribution in [0.3, 0.4) is 0 Å². The molecule has 11 heteroatoms. The number of hydroxylamine groups is 1. The molecule has 0 radical (unpaired) electrons. The van der Waals surface area contributed by atoms with Crippen LogP contribution in [0.25, 0.3) is 32.7 Å². The summed E-state index contributed by atoms with van der Waals surface area (Å²) in [4.78, 5) is 15.9. The third kappa shape index (κ3) is 4.53. The first-order chi connectivity index (χ1) is 17.2. The fourth-order valence-corrected chi connectivity index (χ4v) is 4.72. The van der Waals surface area contributed by atoms with Gasteiger partial charge < -0.3 is 5.73 Å². The molecule has 0 spiro atoms. The number of benzene rings is 3. The fourth-order valence-electron chi connectivity index (χ4n) is 3.95. The Kier molecular flexibility index (Phi) is 5.94. The molecule has 182 valence electrons. The Hall–Kier alpha value is -4.22. The standard InChI is InChI=1S/C25H18F3N5O2S/c26-25(27,28)18-4-2-1-3-17(18)21-12-20(16-9-10-19-22(11-16)36-24(29)30-19)31-33(21)13-14-5-7-15(8-6-14)23(34)32-35/h1-12,35H,13H2,(H2,29,30)(H,32,34). The molecule has 2 aromatic heterocycles. The minimum absolute atomic E-state index is 0.00291. The average molecular weight is 510 g/mol. The van der Waals surface area contributed by atoms with Crippen LogP contribution in [0.15, 0.2) is 72.8 Å². The number of nitrogens with two attached hydrogens (primary N) is 1. The van der Waals surface area contributed by atoms with E-state index in [1.165, 1.54) is 40.3 Å². The van der Waals surface area contributed by atoms with Gasteiger partial charge in [0.05, 0.1) is 33.7 Å². The lowest BCUT2D eigenvalue weighted by molar-refractivity contribution is -0.137. The smallest absolute Gasteiger partial charge is 0.375 e. The van der Waals surface area contributed by atoms with Gasteiger partial charge in [0.25, 0.3) is 5.91 Å². The van der Waals surface area contributed by atoms with Crippen molar-refractivity contribution in [2.75, 3.05) is 5.73 Å². The molecule has 3 aromatic carbocycles. The van der Waals surface area contributed by atoms with E-state index in [2.05, 4.69) is 10.1 Å². The van der Waals surface area contributed by atoms with Crippen molar-refractivity contribution in [3.63, 3.8) is 0 Å². The zero-order chi connectivity index (χ0) is 25.4. The van der Waals surface area contributed by atoms with Crippen molar-refractivity contribution in [1.29, 1.82) is 0 Å². The highest BCUT2D eigenvalue weighted by Gasteiger charge is 2.34. The molecular formula is C25H18F3N5O2S. The van der Waals surface area contributed by atoms with Gasteiger partial charge in [-0.15, -0.1) is 0 Å². The van der Waals surface area contributed by atoms with Crippen molar-refractivity contribution in [2.45, 2.75) is 12.7 Å². The second-order valence-corrected chi connectivity index (χ2v) is 9.05. The van der Waals surface area contributed by atoms with Gasteiger partial charge in [-0.25, -0.2) is 10.5 Å². The van der Waals surface area contributed by atoms with Crippen molar-refractivity contribution < 1.29 is 23.2 Å². The third-order valence-corrected chi connectivity index (χ3v) is 6.49. The molecule has 0 unspecified atom stereocenters. The van der Waals surface area contributed by atoms with Crippen LogP contribution in [-0.4, -0.2) is 25.9 Å². The van der Waals surface area contributed by atoms with Crippen LogP contribution in [0.4, 0.5) is 18.3 Å². The quantitative estimate of drug-likeness (QED) is 0.211. The molecule has 5 aromatic rings. The van der Waals surface area contributed by atoms with Crippen LogP contribution in [0, 0.1) is 0 Å². The molecule has 36 heavy (non-hydrogen) atoms. The Bertz CT molecular complexity index is 1580. The summed E-state index contributed by atoms with van der Waals surface area (Å²) in [7, 11) is 0. The zero-order valence-corrected chi connectivity index (χ0v) is 19.3. The summed E-state index contributed by atoms with van der Waals surface area (Å²) in [5, 5.41) is 13.9. The number of amides is 1. The second-order valence-electron chi connectivity index (χ2n) is 7.99. The maximum Gasteiger partial charge on any atom is 0.417 e. The Labute approximate surface area is 206 Å². The molecule has 1 amide bonds. The first kappa shape index (κ1) is 23.5. The number of nitrogens with zero attached hydrogens (tertiary/aromatic N) is 3. The van der Waals surface area contributed by atoms with Gasteiger partial charge in [-0.1, -0.05) is 47.7 Å². The Morgan fingerprint density at radius 1 is 1.06 bits per heavy atom. The first-order valence-corrected chi connectivity index (χ1v) is 11.5. The molecule has 0 aliphatic carbocycles. The molecule has 0 aliphatic rings. The fraction of sp³-hybridized carbons (Fsp3) is 0.0800. The van der Waals surface area contributed by atoms with Crippen LogP contribution in [0.5, 0.6) is 0 Å². The topological polar surface area (TPSA) is 106 Å². The lowest BCUT2D eigenvalue weighted by Gasteiger charge is -2.14. The Morgan fingerprint density at radius 3 is 2.53 bits per heavy atom. The van der Waals surface area contributed by atoms with Crippen molar-refractivity contribution in [1.82, 2.24) is 20.2 Å². The first-order valence-electron chi connectivity index (χ1n) is 10.7. The van der Waals surface area contributed by atoms with Crippen LogP contribution in [0.1, 0.15) is 21.5 Å². The minimum atomic E-state index is -4.55. The number of nitrogens with one attached hydrogen (secondary N) is 1. The molecular weight excluding hydrogens is 491 g/mol. The monoisotopic (exact) mass is 509 g/mol. The van der Waals surface area contributed by atoms with Crippen molar-refractivity contribution in [3.8, 4) is 22.5 Å². The molecule has 0 bridgehead atoms. The predicted octanol–water partition coefficient (Wildman–Crippen LogP) is 5.60. The van der Waals surface area contributed by atoms with Gasteiger partial charge in [-0.3, -0.25) is 14.7 Å². The van der Waals surface area contributed by atoms with Crippen LogP contribution >= 0.6 is 11.3 Å². The number of hydrogen-bond donors (Lipinski definition) is 3. The van der Waals surface area contributed by atoms with Crippen molar-refractivity contribution >= 4 is 32.6 Å². The zero-order valence-electron chi connectivity index (χ0n) is 18.5. The number of hydrogen-bond acceptors (Lipinski definition) is 6. The minimum Gasteiger partial charge on any atom is -0.375 e. The SMILES string of the molecule is Nc1nc2ccc(-c3cc(-c4ccccc4C(F)(F)F)n(Cc4ccc(C(=O)NO)cc4)n3)cc2s1. The molecule has 2 heterocycles. The number of thiazole rings is 1. The van der Waals surface area contributed by atoms with E-state index in [9.17, 15) is 18.0 Å². The lowest BCUT2D eigenvalue weighted by Crippen LogP contribution is -2.18. The Balaban J connectivity index is 1.62. The molecule has 4 N–H and O–H groups in total. The van der Waals surface area contributed by atoms with Gasteiger partial charge in [0.1, 0.15) is 0 Å². The van der Waals surface area contributed by atoms with E-state index in [-0.39, 0.29) is 17.7 Å².